The van der Waals surface area contributed by atoms with E-state index in [2.05, 4.69) is 34.5 Å². The largest absolute Gasteiger partial charge is 0.347 e. The molecular formula is C22H27N3O2. The predicted molar refractivity (Wildman–Crippen MR) is 106 cm³/mol. The summed E-state index contributed by atoms with van der Waals surface area (Å²) in [6.45, 7) is 6.11. The average molecular weight is 365 g/mol. The van der Waals surface area contributed by atoms with Gasteiger partial charge in [-0.05, 0) is 23.6 Å². The molecule has 0 aliphatic carbocycles. The molecule has 1 aliphatic rings. The molecule has 1 heterocycles. The van der Waals surface area contributed by atoms with Crippen LogP contribution in [0.2, 0.25) is 0 Å². The molecule has 2 aromatic carbocycles. The van der Waals surface area contributed by atoms with E-state index in [1.165, 1.54) is 5.56 Å². The minimum absolute atomic E-state index is 0.00695. The second-order valence-electron chi connectivity index (χ2n) is 7.02. The Morgan fingerprint density at radius 1 is 0.926 bits per heavy atom. The lowest BCUT2D eigenvalue weighted by Crippen LogP contribution is -2.50. The van der Waals surface area contributed by atoms with Crippen LogP contribution in [0.1, 0.15) is 16.7 Å². The molecule has 0 aromatic heterocycles. The lowest BCUT2D eigenvalue weighted by Gasteiger charge is -2.34. The molecule has 27 heavy (non-hydrogen) atoms. The summed E-state index contributed by atoms with van der Waals surface area (Å²) in [4.78, 5) is 28.7. The molecule has 1 aliphatic heterocycles. The third kappa shape index (κ3) is 5.66. The first-order valence-electron chi connectivity index (χ1n) is 9.47. The molecule has 5 nitrogen and oxygen atoms in total. The molecule has 5 heteroatoms. The van der Waals surface area contributed by atoms with Crippen LogP contribution >= 0.6 is 0 Å². The van der Waals surface area contributed by atoms with Crippen LogP contribution in [-0.4, -0.2) is 54.3 Å². The maximum absolute atomic E-state index is 12.4. The van der Waals surface area contributed by atoms with Gasteiger partial charge in [0.15, 0.2) is 0 Å². The molecule has 2 amide bonds. The zero-order valence-electron chi connectivity index (χ0n) is 15.9. The van der Waals surface area contributed by atoms with Crippen LogP contribution < -0.4 is 5.32 Å². The van der Waals surface area contributed by atoms with Gasteiger partial charge in [-0.1, -0.05) is 54.6 Å². The van der Waals surface area contributed by atoms with Crippen molar-refractivity contribution < 1.29 is 9.59 Å². The first-order valence-corrected chi connectivity index (χ1v) is 9.47. The third-order valence-corrected chi connectivity index (χ3v) is 5.02. The van der Waals surface area contributed by atoms with Crippen LogP contribution in [-0.2, 0) is 22.6 Å². The maximum Gasteiger partial charge on any atom is 0.242 e. The molecule has 2 aromatic rings. The van der Waals surface area contributed by atoms with Crippen LogP contribution in [0.25, 0.3) is 0 Å². The zero-order chi connectivity index (χ0) is 19.1. The Morgan fingerprint density at radius 3 is 2.30 bits per heavy atom. The van der Waals surface area contributed by atoms with Crippen molar-refractivity contribution in [1.29, 1.82) is 0 Å². The fourth-order valence-corrected chi connectivity index (χ4v) is 3.33. The summed E-state index contributed by atoms with van der Waals surface area (Å²) in [7, 11) is 0. The van der Waals surface area contributed by atoms with Gasteiger partial charge >= 0.3 is 0 Å². The van der Waals surface area contributed by atoms with E-state index < -0.39 is 0 Å². The molecule has 1 saturated heterocycles. The summed E-state index contributed by atoms with van der Waals surface area (Å²) in [6, 6.07) is 18.2. The zero-order valence-corrected chi connectivity index (χ0v) is 15.9. The van der Waals surface area contributed by atoms with Crippen LogP contribution in [0.3, 0.4) is 0 Å². The molecule has 0 unspecified atom stereocenters. The molecule has 0 spiro atoms. The second kappa shape index (κ2) is 9.33. The summed E-state index contributed by atoms with van der Waals surface area (Å²) < 4.78 is 0. The lowest BCUT2D eigenvalue weighted by atomic mass is 10.1. The van der Waals surface area contributed by atoms with Gasteiger partial charge in [0.2, 0.25) is 11.8 Å². The number of amides is 2. The normalized spacial score (nSPS) is 14.8. The number of benzene rings is 2. The van der Waals surface area contributed by atoms with Gasteiger partial charge in [-0.2, -0.15) is 0 Å². The number of hydrogen-bond acceptors (Lipinski definition) is 3. The van der Waals surface area contributed by atoms with E-state index in [-0.39, 0.29) is 18.4 Å². The monoisotopic (exact) mass is 365 g/mol. The fourth-order valence-electron chi connectivity index (χ4n) is 3.33. The average Bonchev–Trinajstić information content (AvgIpc) is 2.69. The number of carbonyl (C=O) groups excluding carboxylic acids is 2. The number of nitrogens with zero attached hydrogens (tertiary/aromatic N) is 2. The van der Waals surface area contributed by atoms with Crippen LogP contribution in [0.4, 0.5) is 0 Å². The van der Waals surface area contributed by atoms with E-state index in [9.17, 15) is 9.59 Å². The van der Waals surface area contributed by atoms with E-state index in [4.69, 9.17) is 0 Å². The highest BCUT2D eigenvalue weighted by Crippen LogP contribution is 2.09. The number of carbonyl (C=O) groups is 2. The Morgan fingerprint density at radius 2 is 1.59 bits per heavy atom. The standard InChI is InChI=1S/C22H27N3O2/c1-18-7-5-6-10-20(18)15-21(26)23-16-22(27)25-13-11-24(12-14-25)17-19-8-3-2-4-9-19/h2-10H,11-17H2,1H3,(H,23,26). The van der Waals surface area contributed by atoms with Crippen molar-refractivity contribution in [3.63, 3.8) is 0 Å². The van der Waals surface area contributed by atoms with E-state index in [1.54, 1.807) is 0 Å². The Labute approximate surface area is 161 Å². The van der Waals surface area contributed by atoms with Crippen molar-refractivity contribution in [3.8, 4) is 0 Å². The molecule has 3 rings (SSSR count). The highest BCUT2D eigenvalue weighted by atomic mass is 16.2. The molecule has 0 saturated carbocycles. The lowest BCUT2D eigenvalue weighted by molar-refractivity contribution is -0.134. The quantitative estimate of drug-likeness (QED) is 0.852. The maximum atomic E-state index is 12.4. The van der Waals surface area contributed by atoms with Crippen molar-refractivity contribution in [2.45, 2.75) is 19.9 Å². The van der Waals surface area contributed by atoms with E-state index in [0.717, 1.165) is 30.8 Å². The van der Waals surface area contributed by atoms with Crippen molar-refractivity contribution in [2.75, 3.05) is 32.7 Å². The minimum atomic E-state index is -0.111. The highest BCUT2D eigenvalue weighted by Gasteiger charge is 2.21. The second-order valence-corrected chi connectivity index (χ2v) is 7.02. The summed E-state index contributed by atoms with van der Waals surface area (Å²) in [5.74, 6) is -0.118. The Hall–Kier alpha value is -2.66. The van der Waals surface area contributed by atoms with Gasteiger partial charge in [-0.15, -0.1) is 0 Å². The van der Waals surface area contributed by atoms with Gasteiger partial charge < -0.3 is 10.2 Å². The highest BCUT2D eigenvalue weighted by molar-refractivity contribution is 5.86. The van der Waals surface area contributed by atoms with Gasteiger partial charge in [0.05, 0.1) is 13.0 Å². The van der Waals surface area contributed by atoms with Crippen LogP contribution in [0.15, 0.2) is 54.6 Å². The van der Waals surface area contributed by atoms with Crippen molar-refractivity contribution >= 4 is 11.8 Å². The summed E-state index contributed by atoms with van der Waals surface area (Å²) in [5, 5.41) is 2.76. The number of hydrogen-bond donors (Lipinski definition) is 1. The van der Waals surface area contributed by atoms with Gasteiger partial charge in [-0.3, -0.25) is 14.5 Å². The van der Waals surface area contributed by atoms with Gasteiger partial charge in [-0.25, -0.2) is 0 Å². The Kier molecular flexibility index (Phi) is 6.60. The number of piperazine rings is 1. The van der Waals surface area contributed by atoms with E-state index >= 15 is 0 Å². The van der Waals surface area contributed by atoms with Crippen molar-refractivity contribution in [1.82, 2.24) is 15.1 Å². The van der Waals surface area contributed by atoms with Gasteiger partial charge in [0, 0.05) is 32.7 Å². The topological polar surface area (TPSA) is 52.7 Å². The van der Waals surface area contributed by atoms with Crippen LogP contribution in [0, 0.1) is 6.92 Å². The Balaban J connectivity index is 1.39. The smallest absolute Gasteiger partial charge is 0.242 e. The van der Waals surface area contributed by atoms with Gasteiger partial charge in [0.25, 0.3) is 0 Å². The molecule has 0 bridgehead atoms. The first-order chi connectivity index (χ1) is 13.1. The molecule has 0 atom stereocenters. The number of aryl methyl sites for hydroxylation is 1. The first kappa shape index (κ1) is 19.1. The molecule has 142 valence electrons. The Bertz CT molecular complexity index is 768. The van der Waals surface area contributed by atoms with Crippen molar-refractivity contribution in [3.05, 3.63) is 71.3 Å². The summed E-state index contributed by atoms with van der Waals surface area (Å²) in [6.07, 6.45) is 0.310. The third-order valence-electron chi connectivity index (χ3n) is 5.02. The summed E-state index contributed by atoms with van der Waals surface area (Å²) >= 11 is 0. The van der Waals surface area contributed by atoms with Gasteiger partial charge in [0.1, 0.15) is 0 Å². The summed E-state index contributed by atoms with van der Waals surface area (Å²) in [5.41, 5.74) is 3.38. The molecular weight excluding hydrogens is 338 g/mol. The van der Waals surface area contributed by atoms with E-state index in [0.29, 0.717) is 19.5 Å². The van der Waals surface area contributed by atoms with Crippen molar-refractivity contribution in [2.24, 2.45) is 0 Å². The van der Waals surface area contributed by atoms with E-state index in [1.807, 2.05) is 42.2 Å². The molecule has 1 fully saturated rings. The number of nitrogens with one attached hydrogen (secondary N) is 1. The molecule has 0 radical (unpaired) electrons. The minimum Gasteiger partial charge on any atom is -0.347 e. The predicted octanol–water partition coefficient (Wildman–Crippen LogP) is 2.00. The fraction of sp³-hybridized carbons (Fsp3) is 0.364. The number of rotatable bonds is 6. The SMILES string of the molecule is Cc1ccccc1CC(=O)NCC(=O)N1CCN(Cc2ccccc2)CC1. The van der Waals surface area contributed by atoms with Crippen LogP contribution in [0.5, 0.6) is 0 Å². The molecule has 1 N–H and O–H groups in total.